The van der Waals surface area contributed by atoms with Crippen LogP contribution in [-0.4, -0.2) is 34.1 Å². The van der Waals surface area contributed by atoms with E-state index in [1.54, 1.807) is 12.2 Å². The van der Waals surface area contributed by atoms with Gasteiger partial charge in [-0.2, -0.15) is 0 Å². The van der Waals surface area contributed by atoms with Gasteiger partial charge in [0.1, 0.15) is 11.5 Å². The molecule has 90 valence electrons. The molecule has 0 atom stereocenters. The lowest BCUT2D eigenvalue weighted by molar-refractivity contribution is 0.0790. The van der Waals surface area contributed by atoms with Crippen LogP contribution >= 0.6 is 0 Å². The molecule has 0 bridgehead atoms. The number of carbonyl (C=O) groups is 1. The Balaban J connectivity index is 2.99. The van der Waals surface area contributed by atoms with Gasteiger partial charge in [0.2, 0.25) is 0 Å². The molecule has 4 nitrogen and oxygen atoms in total. The van der Waals surface area contributed by atoms with Crippen LogP contribution in [0.15, 0.2) is 43.5 Å². The predicted octanol–water partition coefficient (Wildman–Crippen LogP) is 1.91. The molecule has 0 unspecified atom stereocenters. The van der Waals surface area contributed by atoms with Crippen molar-refractivity contribution in [2.45, 2.75) is 0 Å². The van der Waals surface area contributed by atoms with Crippen molar-refractivity contribution in [3.05, 3.63) is 49.1 Å². The summed E-state index contributed by atoms with van der Waals surface area (Å²) in [6.07, 6.45) is 3.20. The third-order valence-corrected chi connectivity index (χ3v) is 2.14. The van der Waals surface area contributed by atoms with Gasteiger partial charge < -0.3 is 15.1 Å². The van der Waals surface area contributed by atoms with Crippen LogP contribution in [0, 0.1) is 0 Å². The van der Waals surface area contributed by atoms with E-state index in [0.29, 0.717) is 13.1 Å². The van der Waals surface area contributed by atoms with Gasteiger partial charge in [-0.3, -0.25) is 4.79 Å². The second-order valence-electron chi connectivity index (χ2n) is 3.53. The third kappa shape index (κ3) is 3.38. The maximum atomic E-state index is 12.0. The molecule has 2 N–H and O–H groups in total. The molecule has 0 heterocycles. The molecular formula is C13H15NO3. The Hall–Kier alpha value is -2.23. The number of benzene rings is 1. The molecule has 0 radical (unpaired) electrons. The molecule has 4 heteroatoms. The predicted molar refractivity (Wildman–Crippen MR) is 66.1 cm³/mol. The molecule has 0 fully saturated rings. The molecule has 17 heavy (non-hydrogen) atoms. The maximum Gasteiger partial charge on any atom is 0.254 e. The first-order valence-corrected chi connectivity index (χ1v) is 5.12. The Bertz CT molecular complexity index is 410. The molecule has 0 spiro atoms. The van der Waals surface area contributed by atoms with E-state index in [4.69, 9.17) is 0 Å². The van der Waals surface area contributed by atoms with Crippen molar-refractivity contribution in [3.63, 3.8) is 0 Å². The summed E-state index contributed by atoms with van der Waals surface area (Å²) in [6.45, 7) is 7.89. The normalized spacial score (nSPS) is 9.65. The summed E-state index contributed by atoms with van der Waals surface area (Å²) in [7, 11) is 0. The van der Waals surface area contributed by atoms with Crippen LogP contribution < -0.4 is 0 Å². The maximum absolute atomic E-state index is 12.0. The van der Waals surface area contributed by atoms with E-state index in [1.165, 1.54) is 23.1 Å². The zero-order valence-corrected chi connectivity index (χ0v) is 9.47. The minimum atomic E-state index is -0.295. The highest BCUT2D eigenvalue weighted by molar-refractivity contribution is 5.95. The number of hydrogen-bond donors (Lipinski definition) is 2. The number of amides is 1. The fourth-order valence-corrected chi connectivity index (χ4v) is 1.45. The standard InChI is InChI=1S/C13H15NO3/c1-3-5-14(6-4-2)13(17)10-7-11(15)9-12(16)8-10/h3-4,7-9,15-16H,1-2,5-6H2. The lowest BCUT2D eigenvalue weighted by Gasteiger charge is -2.19. The molecular weight excluding hydrogens is 218 g/mol. The zero-order chi connectivity index (χ0) is 12.8. The largest absolute Gasteiger partial charge is 0.508 e. The molecule has 1 aromatic rings. The van der Waals surface area contributed by atoms with Crippen LogP contribution in [0.4, 0.5) is 0 Å². The van der Waals surface area contributed by atoms with Crippen LogP contribution in [0.25, 0.3) is 0 Å². The van der Waals surface area contributed by atoms with Crippen molar-refractivity contribution in [2.75, 3.05) is 13.1 Å². The SMILES string of the molecule is C=CCN(CC=C)C(=O)c1cc(O)cc(O)c1. The Morgan fingerprint density at radius 1 is 1.12 bits per heavy atom. The van der Waals surface area contributed by atoms with Crippen LogP contribution in [-0.2, 0) is 0 Å². The van der Waals surface area contributed by atoms with Gasteiger partial charge in [-0.1, -0.05) is 12.2 Å². The first kappa shape index (κ1) is 12.8. The van der Waals surface area contributed by atoms with Crippen molar-refractivity contribution >= 4 is 5.91 Å². The summed E-state index contributed by atoms with van der Waals surface area (Å²) in [5.74, 6) is -0.591. The lowest BCUT2D eigenvalue weighted by Crippen LogP contribution is -2.31. The number of aromatic hydroxyl groups is 2. The Labute approximate surface area is 100 Å². The Morgan fingerprint density at radius 2 is 1.59 bits per heavy atom. The summed E-state index contributed by atoms with van der Waals surface area (Å²) in [5.41, 5.74) is 0.228. The van der Waals surface area contributed by atoms with E-state index in [-0.39, 0.29) is 23.0 Å². The summed E-state index contributed by atoms with van der Waals surface area (Å²) >= 11 is 0. The van der Waals surface area contributed by atoms with E-state index in [0.717, 1.165) is 0 Å². The smallest absolute Gasteiger partial charge is 0.254 e. The number of hydrogen-bond acceptors (Lipinski definition) is 3. The van der Waals surface area contributed by atoms with E-state index in [1.807, 2.05) is 0 Å². The monoisotopic (exact) mass is 233 g/mol. The first-order chi connectivity index (χ1) is 8.08. The number of nitrogens with zero attached hydrogens (tertiary/aromatic N) is 1. The summed E-state index contributed by atoms with van der Waals surface area (Å²) < 4.78 is 0. The lowest BCUT2D eigenvalue weighted by atomic mass is 10.1. The van der Waals surface area contributed by atoms with Crippen LogP contribution in [0.1, 0.15) is 10.4 Å². The van der Waals surface area contributed by atoms with Crippen molar-refractivity contribution in [2.24, 2.45) is 0 Å². The molecule has 0 aliphatic rings. The fraction of sp³-hybridized carbons (Fsp3) is 0.154. The second kappa shape index (κ2) is 5.75. The molecule has 0 aliphatic heterocycles. The van der Waals surface area contributed by atoms with Gasteiger partial charge in [0.15, 0.2) is 0 Å². The number of phenols is 2. The van der Waals surface area contributed by atoms with Gasteiger partial charge in [-0.05, 0) is 12.1 Å². The van der Waals surface area contributed by atoms with Crippen LogP contribution in [0.5, 0.6) is 11.5 Å². The fourth-order valence-electron chi connectivity index (χ4n) is 1.45. The van der Waals surface area contributed by atoms with Crippen LogP contribution in [0.3, 0.4) is 0 Å². The zero-order valence-electron chi connectivity index (χ0n) is 9.47. The van der Waals surface area contributed by atoms with Crippen molar-refractivity contribution in [3.8, 4) is 11.5 Å². The van der Waals surface area contributed by atoms with Gasteiger partial charge in [0.25, 0.3) is 5.91 Å². The quantitative estimate of drug-likeness (QED) is 0.764. The van der Waals surface area contributed by atoms with Gasteiger partial charge in [-0.15, -0.1) is 13.2 Å². The molecule has 0 aromatic heterocycles. The molecule has 1 rings (SSSR count). The topological polar surface area (TPSA) is 60.8 Å². The molecule has 0 aliphatic carbocycles. The number of carbonyl (C=O) groups excluding carboxylic acids is 1. The summed E-state index contributed by atoms with van der Waals surface area (Å²) in [4.78, 5) is 13.5. The number of phenolic OH excluding ortho intramolecular Hbond substituents is 2. The number of rotatable bonds is 5. The highest BCUT2D eigenvalue weighted by Gasteiger charge is 2.14. The van der Waals surface area contributed by atoms with E-state index < -0.39 is 0 Å². The minimum absolute atomic E-state index is 0.148. The third-order valence-electron chi connectivity index (χ3n) is 2.14. The molecule has 1 amide bonds. The van der Waals surface area contributed by atoms with Gasteiger partial charge in [-0.25, -0.2) is 0 Å². The van der Waals surface area contributed by atoms with Gasteiger partial charge >= 0.3 is 0 Å². The average molecular weight is 233 g/mol. The summed E-state index contributed by atoms with van der Waals surface area (Å²) in [6, 6.07) is 3.78. The van der Waals surface area contributed by atoms with Crippen LogP contribution in [0.2, 0.25) is 0 Å². The molecule has 1 aromatic carbocycles. The Kier molecular flexibility index (Phi) is 4.34. The average Bonchev–Trinajstić information content (AvgIpc) is 2.26. The van der Waals surface area contributed by atoms with Crippen molar-refractivity contribution in [1.82, 2.24) is 4.90 Å². The molecule has 0 saturated carbocycles. The van der Waals surface area contributed by atoms with Crippen molar-refractivity contribution in [1.29, 1.82) is 0 Å². The van der Waals surface area contributed by atoms with Gasteiger partial charge in [0.05, 0.1) is 0 Å². The Morgan fingerprint density at radius 3 is 2.00 bits per heavy atom. The van der Waals surface area contributed by atoms with E-state index in [9.17, 15) is 15.0 Å². The molecule has 0 saturated heterocycles. The first-order valence-electron chi connectivity index (χ1n) is 5.12. The second-order valence-corrected chi connectivity index (χ2v) is 3.53. The highest BCUT2D eigenvalue weighted by atomic mass is 16.3. The van der Waals surface area contributed by atoms with E-state index >= 15 is 0 Å². The highest BCUT2D eigenvalue weighted by Crippen LogP contribution is 2.21. The van der Waals surface area contributed by atoms with E-state index in [2.05, 4.69) is 13.2 Å². The minimum Gasteiger partial charge on any atom is -0.508 e. The summed E-state index contributed by atoms with van der Waals surface area (Å²) in [5, 5.41) is 18.6. The van der Waals surface area contributed by atoms with Crippen molar-refractivity contribution < 1.29 is 15.0 Å². The van der Waals surface area contributed by atoms with Gasteiger partial charge in [0, 0.05) is 24.7 Å².